The summed E-state index contributed by atoms with van der Waals surface area (Å²) >= 11 is -1.53. The maximum absolute atomic E-state index is 9.47. The third-order valence-electron chi connectivity index (χ3n) is 0.191. The molecule has 0 atom stereocenters. The van der Waals surface area contributed by atoms with E-state index in [1.54, 1.807) is 0 Å². The second kappa shape index (κ2) is 2.66. The van der Waals surface area contributed by atoms with Gasteiger partial charge in [-0.05, 0) is 0 Å². The Kier molecular flexibility index (Phi) is 2.48. The Bertz CT molecular complexity index is 85.9. The molecule has 0 heterocycles. The molecular formula is C2H2O4V. The first kappa shape index (κ1) is 6.52. The summed E-state index contributed by atoms with van der Waals surface area (Å²) in [6.45, 7) is 0. The van der Waals surface area contributed by atoms with E-state index in [-0.39, 0.29) is 0 Å². The van der Waals surface area contributed by atoms with Crippen LogP contribution in [-0.4, -0.2) is 19.6 Å². The quantitative estimate of drug-likeness (QED) is 0.584. The predicted octanol–water partition coefficient (Wildman–Crippen LogP) is 0.425. The van der Waals surface area contributed by atoms with Crippen LogP contribution >= 0.6 is 0 Å². The predicted molar refractivity (Wildman–Crippen MR) is 16.0 cm³/mol. The van der Waals surface area contributed by atoms with E-state index in [0.29, 0.717) is 0 Å². The van der Waals surface area contributed by atoms with Gasteiger partial charge < -0.3 is 0 Å². The molecule has 0 aromatic carbocycles. The summed E-state index contributed by atoms with van der Waals surface area (Å²) in [5.74, 6) is 0. The monoisotopic (exact) mass is 141 g/mol. The molecule has 0 rings (SSSR count). The van der Waals surface area contributed by atoms with Gasteiger partial charge in [-0.3, -0.25) is 0 Å². The molecule has 2 N–H and O–H groups in total. The van der Waals surface area contributed by atoms with Crippen molar-refractivity contribution in [2.75, 3.05) is 0 Å². The summed E-state index contributed by atoms with van der Waals surface area (Å²) in [5.41, 5.74) is 0. The van der Waals surface area contributed by atoms with Crippen molar-refractivity contribution >= 4 is 9.36 Å². The van der Waals surface area contributed by atoms with Crippen LogP contribution < -0.4 is 0 Å². The Morgan fingerprint density at radius 3 is 1.43 bits per heavy atom. The summed E-state index contributed by atoms with van der Waals surface area (Å²) in [6, 6.07) is 0. The average Bonchev–Trinajstić information content (AvgIpc) is 1.27. The van der Waals surface area contributed by atoms with Crippen molar-refractivity contribution in [1.82, 2.24) is 0 Å². The molecule has 0 aromatic rings. The van der Waals surface area contributed by atoms with Crippen molar-refractivity contribution in [3.8, 4) is 0 Å². The van der Waals surface area contributed by atoms with Gasteiger partial charge in [0, 0.05) is 0 Å². The van der Waals surface area contributed by atoms with Crippen LogP contribution in [0.5, 0.6) is 0 Å². The number of rotatable bonds is 2. The van der Waals surface area contributed by atoms with Gasteiger partial charge in [0.25, 0.3) is 0 Å². The molecule has 0 saturated heterocycles. The van der Waals surface area contributed by atoms with Gasteiger partial charge in [-0.25, -0.2) is 0 Å². The van der Waals surface area contributed by atoms with Crippen LogP contribution in [0, 0.1) is 0 Å². The number of hydrogen-bond donors (Lipinski definition) is 2. The van der Waals surface area contributed by atoms with Gasteiger partial charge in [0.1, 0.15) is 0 Å². The van der Waals surface area contributed by atoms with Crippen LogP contribution in [0.4, 0.5) is 9.59 Å². The van der Waals surface area contributed by atoms with E-state index in [4.69, 9.17) is 10.2 Å². The van der Waals surface area contributed by atoms with Gasteiger partial charge >= 0.3 is 45.5 Å². The molecule has 0 unspecified atom stereocenters. The summed E-state index contributed by atoms with van der Waals surface area (Å²) in [7, 11) is 0. The van der Waals surface area contributed by atoms with Crippen LogP contribution in [0.25, 0.3) is 0 Å². The zero-order chi connectivity index (χ0) is 5.86. The molecule has 0 radical (unpaired) electrons. The van der Waals surface area contributed by atoms with Crippen molar-refractivity contribution in [2.45, 2.75) is 0 Å². The molecule has 0 aromatic heterocycles. The van der Waals surface area contributed by atoms with E-state index in [0.717, 1.165) is 0 Å². The fourth-order valence-electron chi connectivity index (χ4n) is 0.0818. The Morgan fingerprint density at radius 1 is 1.14 bits per heavy atom. The minimum atomic E-state index is -1.53. The zero-order valence-electron chi connectivity index (χ0n) is 3.16. The molecule has 0 fully saturated rings. The van der Waals surface area contributed by atoms with Crippen molar-refractivity contribution < 1.29 is 36.1 Å². The Balaban J connectivity index is 3.32. The fourth-order valence-corrected chi connectivity index (χ4v) is 0.337. The van der Waals surface area contributed by atoms with E-state index >= 15 is 0 Å². The molecule has 39 valence electrons. The first-order valence-electron chi connectivity index (χ1n) is 1.30. The summed E-state index contributed by atoms with van der Waals surface area (Å²) in [5, 5.41) is 15.5. The Hall–Kier alpha value is -0.476. The maximum atomic E-state index is 9.47. The summed E-state index contributed by atoms with van der Waals surface area (Å²) in [4.78, 5) is 18.9. The Morgan fingerprint density at radius 2 is 1.43 bits per heavy atom. The molecule has 0 spiro atoms. The normalized spacial score (nSPS) is 7.43. The molecule has 0 bridgehead atoms. The molecule has 7 heavy (non-hydrogen) atoms. The zero-order valence-corrected chi connectivity index (χ0v) is 4.55. The van der Waals surface area contributed by atoms with Crippen LogP contribution in [0.1, 0.15) is 0 Å². The molecule has 0 aliphatic rings. The molecule has 0 aliphatic carbocycles. The van der Waals surface area contributed by atoms with E-state index in [2.05, 4.69) is 0 Å². The fraction of sp³-hybridized carbons (Fsp3) is 0. The number of carboxylic acid groups (broad SMARTS) is 2. The SMILES string of the molecule is O=[C](O)[V][C](=O)O. The molecule has 5 heteroatoms. The van der Waals surface area contributed by atoms with Gasteiger partial charge in [0.2, 0.25) is 0 Å². The van der Waals surface area contributed by atoms with Crippen LogP contribution in [0.3, 0.4) is 0 Å². The van der Waals surface area contributed by atoms with Crippen LogP contribution in [0.15, 0.2) is 0 Å². The van der Waals surface area contributed by atoms with E-state index in [1.807, 2.05) is 0 Å². The average molecular weight is 141 g/mol. The van der Waals surface area contributed by atoms with E-state index in [9.17, 15) is 9.59 Å². The van der Waals surface area contributed by atoms with Gasteiger partial charge in [0.05, 0.1) is 0 Å². The molecule has 4 nitrogen and oxygen atoms in total. The second-order valence-electron chi connectivity index (χ2n) is 0.677. The van der Waals surface area contributed by atoms with E-state index in [1.165, 1.54) is 0 Å². The minimum absolute atomic E-state index is 1.22. The third kappa shape index (κ3) is 5.52. The van der Waals surface area contributed by atoms with E-state index < -0.39 is 25.7 Å². The third-order valence-corrected chi connectivity index (χ3v) is 0.789. The van der Waals surface area contributed by atoms with Gasteiger partial charge in [-0.2, -0.15) is 0 Å². The first-order valence-corrected chi connectivity index (χ1v) is 2.70. The van der Waals surface area contributed by atoms with Crippen LogP contribution in [-0.2, 0) is 16.3 Å². The molecule has 0 saturated carbocycles. The number of carbonyl (C=O) groups is 2. The topological polar surface area (TPSA) is 74.6 Å². The standard InChI is InChI=1S/2CHO2.V/c2*2-1-3;/h2*(H,2,3);. The van der Waals surface area contributed by atoms with Crippen LogP contribution in [0.2, 0.25) is 0 Å². The molecule has 0 amide bonds. The van der Waals surface area contributed by atoms with Crippen molar-refractivity contribution in [3.05, 3.63) is 0 Å². The van der Waals surface area contributed by atoms with Gasteiger partial charge in [-0.15, -0.1) is 0 Å². The van der Waals surface area contributed by atoms with Gasteiger partial charge in [0.15, 0.2) is 0 Å². The second-order valence-corrected chi connectivity index (χ2v) is 2.22. The molecular weight excluding hydrogens is 139 g/mol. The summed E-state index contributed by atoms with van der Waals surface area (Å²) < 4.78 is -2.44. The van der Waals surface area contributed by atoms with Crippen molar-refractivity contribution in [2.24, 2.45) is 0 Å². The Labute approximate surface area is 46.2 Å². The van der Waals surface area contributed by atoms with Gasteiger partial charge in [-0.1, -0.05) is 0 Å². The van der Waals surface area contributed by atoms with Crippen molar-refractivity contribution in [1.29, 1.82) is 0 Å². The first-order chi connectivity index (χ1) is 3.13. The number of hydrogen-bond acceptors (Lipinski definition) is 2. The summed E-state index contributed by atoms with van der Waals surface area (Å²) in [6.07, 6.45) is 0. The van der Waals surface area contributed by atoms with Crippen molar-refractivity contribution in [3.63, 3.8) is 0 Å². The molecule has 0 aliphatic heterocycles.